The fraction of sp³-hybridized carbons (Fsp3) is 0.667. The Bertz CT molecular complexity index is 404. The number of nitrogens with two attached hydrogens (primary N) is 1. The first-order chi connectivity index (χ1) is 8.88. The highest BCUT2D eigenvalue weighted by molar-refractivity contribution is 5.19. The molecule has 0 amide bonds. The van der Waals surface area contributed by atoms with Crippen molar-refractivity contribution in [2.24, 2.45) is 11.7 Å². The van der Waals surface area contributed by atoms with E-state index in [1.54, 1.807) is 0 Å². The molecule has 0 aromatic carbocycles. The van der Waals surface area contributed by atoms with E-state index in [2.05, 4.69) is 16.0 Å². The van der Waals surface area contributed by atoms with Gasteiger partial charge >= 0.3 is 0 Å². The summed E-state index contributed by atoms with van der Waals surface area (Å²) in [5, 5.41) is 0. The largest absolute Gasteiger partial charge is 0.325 e. The van der Waals surface area contributed by atoms with Gasteiger partial charge in [-0.05, 0) is 49.8 Å². The van der Waals surface area contributed by atoms with E-state index in [0.29, 0.717) is 6.54 Å². The highest BCUT2D eigenvalue weighted by Gasteiger charge is 2.34. The SMILES string of the molecule is NCc1ncccc1CN1CCCC2CCCC21. The summed E-state index contributed by atoms with van der Waals surface area (Å²) in [5.74, 6) is 0.955. The second kappa shape index (κ2) is 5.37. The second-order valence-corrected chi connectivity index (χ2v) is 5.68. The molecule has 1 saturated heterocycles. The molecule has 1 aromatic heterocycles. The maximum atomic E-state index is 5.78. The van der Waals surface area contributed by atoms with Crippen LogP contribution >= 0.6 is 0 Å². The Labute approximate surface area is 109 Å². The van der Waals surface area contributed by atoms with Crippen molar-refractivity contribution in [1.29, 1.82) is 0 Å². The molecule has 98 valence electrons. The van der Waals surface area contributed by atoms with Gasteiger partial charge < -0.3 is 5.73 Å². The molecule has 2 atom stereocenters. The van der Waals surface area contributed by atoms with Gasteiger partial charge in [-0.3, -0.25) is 9.88 Å². The third-order valence-electron chi connectivity index (χ3n) is 4.66. The van der Waals surface area contributed by atoms with Crippen molar-refractivity contribution in [3.8, 4) is 0 Å². The van der Waals surface area contributed by atoms with E-state index in [1.165, 1.54) is 44.2 Å². The van der Waals surface area contributed by atoms with Gasteiger partial charge in [-0.2, -0.15) is 0 Å². The maximum absolute atomic E-state index is 5.78. The van der Waals surface area contributed by atoms with E-state index in [0.717, 1.165) is 24.2 Å². The average molecular weight is 245 g/mol. The van der Waals surface area contributed by atoms with Crippen LogP contribution in [0.3, 0.4) is 0 Å². The summed E-state index contributed by atoms with van der Waals surface area (Å²) in [6.07, 6.45) is 8.90. The number of nitrogens with zero attached hydrogens (tertiary/aromatic N) is 2. The van der Waals surface area contributed by atoms with Gasteiger partial charge in [-0.25, -0.2) is 0 Å². The van der Waals surface area contributed by atoms with Crippen molar-refractivity contribution in [1.82, 2.24) is 9.88 Å². The van der Waals surface area contributed by atoms with Crippen molar-refractivity contribution >= 4 is 0 Å². The number of fused-ring (bicyclic) bond motifs is 1. The number of piperidine rings is 1. The quantitative estimate of drug-likeness (QED) is 0.888. The van der Waals surface area contributed by atoms with Crippen LogP contribution in [0, 0.1) is 5.92 Å². The van der Waals surface area contributed by atoms with Gasteiger partial charge in [0.25, 0.3) is 0 Å². The third kappa shape index (κ3) is 2.29. The van der Waals surface area contributed by atoms with Gasteiger partial charge in [0.1, 0.15) is 0 Å². The van der Waals surface area contributed by atoms with E-state index < -0.39 is 0 Å². The first-order valence-corrected chi connectivity index (χ1v) is 7.25. The van der Waals surface area contributed by atoms with Crippen LogP contribution in [0.1, 0.15) is 43.4 Å². The molecule has 2 N–H and O–H groups in total. The second-order valence-electron chi connectivity index (χ2n) is 5.68. The summed E-state index contributed by atoms with van der Waals surface area (Å²) in [7, 11) is 0. The third-order valence-corrected chi connectivity index (χ3v) is 4.66. The number of hydrogen-bond acceptors (Lipinski definition) is 3. The fourth-order valence-electron chi connectivity index (χ4n) is 3.77. The Hall–Kier alpha value is -0.930. The Morgan fingerprint density at radius 2 is 2.17 bits per heavy atom. The molecule has 3 nitrogen and oxygen atoms in total. The molecule has 0 bridgehead atoms. The molecule has 1 aliphatic heterocycles. The van der Waals surface area contributed by atoms with Crippen LogP contribution in [0.4, 0.5) is 0 Å². The molecule has 1 saturated carbocycles. The maximum Gasteiger partial charge on any atom is 0.0584 e. The number of aromatic nitrogens is 1. The molecule has 2 aliphatic rings. The number of likely N-dealkylation sites (tertiary alicyclic amines) is 1. The minimum atomic E-state index is 0.554. The normalized spacial score (nSPS) is 28.3. The lowest BCUT2D eigenvalue weighted by molar-refractivity contribution is 0.105. The van der Waals surface area contributed by atoms with Gasteiger partial charge in [0.2, 0.25) is 0 Å². The lowest BCUT2D eigenvalue weighted by atomic mass is 9.91. The first kappa shape index (κ1) is 12.1. The molecule has 0 spiro atoms. The highest BCUT2D eigenvalue weighted by Crippen LogP contribution is 2.37. The van der Waals surface area contributed by atoms with Crippen LogP contribution in [-0.2, 0) is 13.1 Å². The Morgan fingerprint density at radius 1 is 1.28 bits per heavy atom. The van der Waals surface area contributed by atoms with Crippen molar-refractivity contribution in [2.45, 2.75) is 51.2 Å². The zero-order valence-corrected chi connectivity index (χ0v) is 11.0. The van der Waals surface area contributed by atoms with Crippen LogP contribution in [0.2, 0.25) is 0 Å². The van der Waals surface area contributed by atoms with Gasteiger partial charge in [-0.15, -0.1) is 0 Å². The molecule has 18 heavy (non-hydrogen) atoms. The van der Waals surface area contributed by atoms with E-state index in [-0.39, 0.29) is 0 Å². The lowest BCUT2D eigenvalue weighted by Gasteiger charge is -2.38. The Kier molecular flexibility index (Phi) is 3.62. The highest BCUT2D eigenvalue weighted by atomic mass is 15.2. The molecule has 2 fully saturated rings. The molecule has 1 aromatic rings. The molecule has 2 heterocycles. The van der Waals surface area contributed by atoms with E-state index in [1.807, 2.05) is 12.3 Å². The first-order valence-electron chi connectivity index (χ1n) is 7.25. The predicted octanol–water partition coefficient (Wildman–Crippen LogP) is 2.30. The number of hydrogen-bond donors (Lipinski definition) is 1. The topological polar surface area (TPSA) is 42.1 Å². The van der Waals surface area contributed by atoms with Crippen LogP contribution < -0.4 is 5.73 Å². The summed E-state index contributed by atoms with van der Waals surface area (Å²) in [4.78, 5) is 7.07. The van der Waals surface area contributed by atoms with E-state index >= 15 is 0 Å². The van der Waals surface area contributed by atoms with E-state index in [9.17, 15) is 0 Å². The van der Waals surface area contributed by atoms with Crippen LogP contribution in [-0.4, -0.2) is 22.5 Å². The van der Waals surface area contributed by atoms with Crippen molar-refractivity contribution in [3.63, 3.8) is 0 Å². The minimum absolute atomic E-state index is 0.554. The van der Waals surface area contributed by atoms with Crippen molar-refractivity contribution < 1.29 is 0 Å². The molecular formula is C15H23N3. The lowest BCUT2D eigenvalue weighted by Crippen LogP contribution is -2.42. The predicted molar refractivity (Wildman–Crippen MR) is 72.9 cm³/mol. The van der Waals surface area contributed by atoms with Gasteiger partial charge in [0.15, 0.2) is 0 Å². The van der Waals surface area contributed by atoms with Crippen LogP contribution in [0.15, 0.2) is 18.3 Å². The van der Waals surface area contributed by atoms with Gasteiger partial charge in [0, 0.05) is 25.3 Å². The number of rotatable bonds is 3. The standard InChI is InChI=1S/C15H23N3/c16-10-14-13(5-2-8-17-14)11-18-9-3-6-12-4-1-7-15(12)18/h2,5,8,12,15H,1,3-4,6-7,9-11,16H2. The smallest absolute Gasteiger partial charge is 0.0584 e. The summed E-state index contributed by atoms with van der Waals surface area (Å²) < 4.78 is 0. The summed E-state index contributed by atoms with van der Waals surface area (Å²) in [5.41, 5.74) is 8.18. The van der Waals surface area contributed by atoms with Crippen LogP contribution in [0.25, 0.3) is 0 Å². The Morgan fingerprint density at radius 3 is 3.06 bits per heavy atom. The minimum Gasteiger partial charge on any atom is -0.325 e. The summed E-state index contributed by atoms with van der Waals surface area (Å²) in [6, 6.07) is 5.04. The number of pyridine rings is 1. The summed E-state index contributed by atoms with van der Waals surface area (Å²) in [6.45, 7) is 2.85. The molecule has 2 unspecified atom stereocenters. The zero-order chi connectivity index (χ0) is 12.4. The van der Waals surface area contributed by atoms with Gasteiger partial charge in [-0.1, -0.05) is 12.5 Å². The van der Waals surface area contributed by atoms with Crippen molar-refractivity contribution in [2.75, 3.05) is 6.54 Å². The summed E-state index contributed by atoms with van der Waals surface area (Å²) >= 11 is 0. The molecule has 3 rings (SSSR count). The van der Waals surface area contributed by atoms with Gasteiger partial charge in [0.05, 0.1) is 5.69 Å². The monoisotopic (exact) mass is 245 g/mol. The zero-order valence-electron chi connectivity index (χ0n) is 11.0. The van der Waals surface area contributed by atoms with Crippen LogP contribution in [0.5, 0.6) is 0 Å². The average Bonchev–Trinajstić information content (AvgIpc) is 2.89. The molecule has 1 aliphatic carbocycles. The molecule has 0 radical (unpaired) electrons. The Balaban J connectivity index is 1.75. The fourth-order valence-corrected chi connectivity index (χ4v) is 3.77. The van der Waals surface area contributed by atoms with E-state index in [4.69, 9.17) is 5.73 Å². The molecule has 3 heteroatoms. The molecular weight excluding hydrogens is 222 g/mol. The van der Waals surface area contributed by atoms with Crippen molar-refractivity contribution in [3.05, 3.63) is 29.6 Å².